The van der Waals surface area contributed by atoms with E-state index in [2.05, 4.69) is 29.9 Å². The molecular weight excluding hydrogens is 1530 g/mol. The SMILES string of the molecule is CO[C@H]1C(OP([O-])(=S)OC[C@H]2O[C@@H](n3cc(C)c(=O)[nH]c3=O)[C@@H](OC)C2OP([O-])(=S)OCCCO)[C@@H](COP(=O)([S-])OC2C[C@H](n3cc(C)c(=O)[nH]c3=O)O[C@@H]2COP([O-])(=S)OC2C[C@H](n3cnc4c(=O)[nH]c(N)nc43)O[C@@H]2COP(=S)([S-])OC(C)C)O[C@H]1n1cc(C)c(=O)[nH]c1=O. The molecule has 9 rings (SSSR count). The van der Waals surface area contributed by atoms with Crippen LogP contribution in [0.3, 0.4) is 0 Å². The molecule has 0 spiro atoms. The van der Waals surface area contributed by atoms with Crippen LogP contribution in [0.2, 0.25) is 0 Å². The average Bonchev–Trinajstić information content (AvgIpc) is 1.63. The molecule has 0 aliphatic carbocycles. The number of methoxy groups -OCH3 is 2. The van der Waals surface area contributed by atoms with Gasteiger partial charge < -0.3 is 124 Å². The number of aromatic amines is 4. The van der Waals surface area contributed by atoms with Crippen molar-refractivity contribution >= 4 is 121 Å². The Labute approximate surface area is 584 Å². The number of anilines is 1. The molecule has 0 bridgehead atoms. The summed E-state index contributed by atoms with van der Waals surface area (Å²) in [5.41, 5.74) is -3.32. The Morgan fingerprint density at radius 1 is 0.612 bits per heavy atom. The van der Waals surface area contributed by atoms with Crippen LogP contribution in [0.5, 0.6) is 0 Å². The molecule has 50 heteroatoms. The van der Waals surface area contributed by atoms with Gasteiger partial charge >= 0.3 is 17.1 Å². The van der Waals surface area contributed by atoms with Crippen molar-refractivity contribution in [3.63, 3.8) is 0 Å². The fourth-order valence-electron chi connectivity index (χ4n) is 10.6. The van der Waals surface area contributed by atoms with Crippen LogP contribution in [-0.4, -0.2) is 174 Å². The Hall–Kier alpha value is -3.08. The van der Waals surface area contributed by atoms with Gasteiger partial charge in [-0.05, 0) is 41.0 Å². The molecule has 7 N–H and O–H groups in total. The highest BCUT2D eigenvalue weighted by molar-refractivity contribution is 8.51. The van der Waals surface area contributed by atoms with E-state index in [0.29, 0.717) is 0 Å². The lowest BCUT2D eigenvalue weighted by atomic mass is 10.1. The number of nitrogens with two attached hydrogens (primary N) is 1. The van der Waals surface area contributed by atoms with Gasteiger partial charge in [0.05, 0.1) is 63.4 Å². The Morgan fingerprint density at radius 3 is 1.55 bits per heavy atom. The number of hydrogen-bond donors (Lipinski definition) is 6. The average molecular weight is 1590 g/mol. The number of H-pyrrole nitrogens is 4. The van der Waals surface area contributed by atoms with Gasteiger partial charge in [-0.15, -0.1) is 0 Å². The number of imidazole rings is 1. The minimum atomic E-state index is -5.01. The molecule has 9 unspecified atom stereocenters. The molecule has 4 fully saturated rings. The zero-order valence-electron chi connectivity index (χ0n) is 52.2. The first kappa shape index (κ1) is 79.0. The molecule has 98 heavy (non-hydrogen) atoms. The number of aromatic nitrogens is 10. The van der Waals surface area contributed by atoms with Gasteiger partial charge in [0.15, 0.2) is 30.4 Å². The number of aryl methyl sites for hydroxylation is 3. The van der Waals surface area contributed by atoms with Crippen molar-refractivity contribution in [2.45, 2.75) is 146 Å². The molecule has 0 saturated carbocycles. The largest absolute Gasteiger partial charge is 0.780 e. The fourth-order valence-corrected chi connectivity index (χ4v) is 18.7. The predicted molar refractivity (Wildman–Crippen MR) is 354 cm³/mol. The number of fused-ring (bicyclic) bond motifs is 1. The lowest BCUT2D eigenvalue weighted by Gasteiger charge is -2.37. The molecule has 5 aromatic heterocycles. The molecule has 4 aliphatic rings. The maximum absolute atomic E-state index is 14.6. The van der Waals surface area contributed by atoms with Crippen LogP contribution in [0.4, 0.5) is 5.95 Å². The van der Waals surface area contributed by atoms with E-state index in [0.717, 1.165) is 33.2 Å². The van der Waals surface area contributed by atoms with Crippen molar-refractivity contribution in [1.82, 2.24) is 48.2 Å². The van der Waals surface area contributed by atoms with Gasteiger partial charge in [-0.3, -0.25) is 61.9 Å². The number of rotatable bonds is 32. The van der Waals surface area contributed by atoms with Crippen LogP contribution in [0.15, 0.2) is 58.5 Å². The normalized spacial score (nSPS) is 29.0. The first-order valence-electron chi connectivity index (χ1n) is 29.1. The summed E-state index contributed by atoms with van der Waals surface area (Å²) in [6.45, 7) is -15.5. The van der Waals surface area contributed by atoms with Crippen LogP contribution in [-0.2, 0) is 150 Å². The lowest BCUT2D eigenvalue weighted by Crippen LogP contribution is -2.42. The van der Waals surface area contributed by atoms with E-state index >= 15 is 0 Å². The summed E-state index contributed by atoms with van der Waals surface area (Å²) in [6, 6.07) is 0. The summed E-state index contributed by atoms with van der Waals surface area (Å²) < 4.78 is 113. The second-order valence-electron chi connectivity index (χ2n) is 22.4. The molecule has 9 heterocycles. The van der Waals surface area contributed by atoms with Gasteiger partial charge in [-0.1, -0.05) is 47.2 Å². The lowest BCUT2D eigenvalue weighted by molar-refractivity contribution is -0.221. The molecule has 5 aromatic rings. The van der Waals surface area contributed by atoms with E-state index in [9.17, 15) is 57.9 Å². The molecule has 0 radical (unpaired) electrons. The highest BCUT2D eigenvalue weighted by atomic mass is 32.9. The van der Waals surface area contributed by atoms with Crippen LogP contribution in [0, 0.1) is 20.8 Å². The second kappa shape index (κ2) is 32.5. The number of aliphatic hydroxyl groups excluding tert-OH is 1. The summed E-state index contributed by atoms with van der Waals surface area (Å²) in [4.78, 5) is 150. The van der Waals surface area contributed by atoms with E-state index < -0.39 is 197 Å². The van der Waals surface area contributed by atoms with Crippen LogP contribution < -0.4 is 59.7 Å². The number of nitrogens with zero attached hydrogens (tertiary/aromatic N) is 6. The predicted octanol–water partition coefficient (Wildman–Crippen LogP) is -1.71. The van der Waals surface area contributed by atoms with Crippen molar-refractivity contribution in [3.8, 4) is 0 Å². The van der Waals surface area contributed by atoms with E-state index in [4.69, 9.17) is 151 Å². The summed E-state index contributed by atoms with van der Waals surface area (Å²) in [5.74, 6) is -0.237. The van der Waals surface area contributed by atoms with Crippen LogP contribution in [0.25, 0.3) is 11.2 Å². The van der Waals surface area contributed by atoms with Gasteiger partial charge in [0.25, 0.3) is 22.2 Å². The highest BCUT2D eigenvalue weighted by Crippen LogP contribution is 2.55. The quantitative estimate of drug-likeness (QED) is 0.0159. The van der Waals surface area contributed by atoms with Crippen molar-refractivity contribution in [2.75, 3.05) is 59.6 Å². The molecule has 546 valence electrons. The molecular formula is C48H65N11O28P5S6-5. The Bertz CT molecular complexity index is 4420. The number of hydrogen-bond acceptors (Lipinski definition) is 37. The fraction of sp³-hybridized carbons (Fsp3) is 0.646. The van der Waals surface area contributed by atoms with Gasteiger partial charge in [0.2, 0.25) is 5.95 Å². The molecule has 0 amide bonds. The first-order chi connectivity index (χ1) is 45.9. The third-order valence-electron chi connectivity index (χ3n) is 15.0. The molecule has 4 saturated heterocycles. The molecule has 39 nitrogen and oxygen atoms in total. The van der Waals surface area contributed by atoms with Crippen molar-refractivity contribution in [2.24, 2.45) is 0 Å². The monoisotopic (exact) mass is 1590 g/mol. The second-order valence-corrected chi connectivity index (χ2v) is 38.1. The summed E-state index contributed by atoms with van der Waals surface area (Å²) >= 11 is 32.2. The zero-order valence-corrected chi connectivity index (χ0v) is 61.6. The van der Waals surface area contributed by atoms with Gasteiger partial charge in [0, 0.05) is 68.9 Å². The Kier molecular flexibility index (Phi) is 26.2. The number of nitrogen functional groups attached to an aromatic ring is 1. The van der Waals surface area contributed by atoms with Crippen molar-refractivity contribution < 1.29 is 98.0 Å². The maximum Gasteiger partial charge on any atom is 0.330 e. The summed E-state index contributed by atoms with van der Waals surface area (Å²) in [7, 11) is 2.30. The standard InChI is InChI=1S/C48H70N11O28P5S6/c1-21(2)83-92(97,98)78-17-28-26(12-32(80-28)59-20-50-33-38(59)51-45(49)52-42(33)64)85-89(69,94)75-16-27-25(11-31(79-27)56-13-22(3)39(61)53-46(56)65)84-90(70,95)76-18-29-35(37(73-7)44(81-29)58-15-24(5)41(63)55-48(58)67)87-91(71,96)77-19-30-34(86-88(68,93)74-10-8-9-60)36(72-6)43(82-30)57-14-23(4)40(62)54-47(57)66/h13-15,20-21,25-32,34-37,43-44,60H,8-12,16-19H2,1-7H3,(H,68,93)(H,69,94)(H,70,95)(H,71,96)(H,97,98)(H,53,61,65)(H,54,62,66)(H,55,63,67)(H3,49,51,52,64)/p-5/t25?,26?,27-,28-,29-,30-,31-,32-,34?,35?,36+,37+,43-,44-,88?,89?,90?,91?/m1/s1. The van der Waals surface area contributed by atoms with Gasteiger partial charge in [-0.2, -0.15) is 4.98 Å². The smallest absolute Gasteiger partial charge is 0.330 e. The Balaban J connectivity index is 0.953. The number of aliphatic hydroxyl groups is 1. The minimum Gasteiger partial charge on any atom is -0.780 e. The third-order valence-corrected chi connectivity index (χ3v) is 23.6. The van der Waals surface area contributed by atoms with Crippen LogP contribution >= 0.6 is 32.6 Å². The summed E-state index contributed by atoms with van der Waals surface area (Å²) in [5, 5.41) is 9.31. The zero-order chi connectivity index (χ0) is 71.7. The van der Waals surface area contributed by atoms with Crippen molar-refractivity contribution in [1.29, 1.82) is 0 Å². The minimum absolute atomic E-state index is 0.00149. The van der Waals surface area contributed by atoms with E-state index in [1.807, 2.05) is 0 Å². The third kappa shape index (κ3) is 19.4. The first-order valence-corrected chi connectivity index (χ1v) is 42.9. The van der Waals surface area contributed by atoms with Gasteiger partial charge in [0.1, 0.15) is 81.4 Å². The highest BCUT2D eigenvalue weighted by Gasteiger charge is 2.52. The summed E-state index contributed by atoms with van der Waals surface area (Å²) in [6.07, 6.45) is -16.9. The number of nitrogens with one attached hydrogen (secondary N) is 4. The Morgan fingerprint density at radius 2 is 1.05 bits per heavy atom. The van der Waals surface area contributed by atoms with Crippen LogP contribution in [0.1, 0.15) is 74.7 Å². The topological polar surface area (TPSA) is 508 Å². The van der Waals surface area contributed by atoms with E-state index in [-0.39, 0.29) is 59.9 Å². The molecule has 4 aliphatic heterocycles. The number of ether oxygens (including phenoxy) is 6. The van der Waals surface area contributed by atoms with E-state index in [1.54, 1.807) is 13.8 Å². The van der Waals surface area contributed by atoms with Gasteiger partial charge in [-0.25, -0.2) is 19.4 Å². The van der Waals surface area contributed by atoms with Crippen molar-refractivity contribution in [3.05, 3.63) is 114 Å². The molecule has 19 atom stereocenters. The molecule has 0 aromatic carbocycles. The maximum atomic E-state index is 14.6. The van der Waals surface area contributed by atoms with E-state index in [1.165, 1.54) is 45.0 Å².